The van der Waals surface area contributed by atoms with Gasteiger partial charge in [0, 0.05) is 17.7 Å². The van der Waals surface area contributed by atoms with E-state index in [2.05, 4.69) is 20.6 Å². The summed E-state index contributed by atoms with van der Waals surface area (Å²) < 4.78 is 0. The summed E-state index contributed by atoms with van der Waals surface area (Å²) in [5.74, 6) is 0.753. The highest BCUT2D eigenvalue weighted by Gasteiger charge is 2.14. The average Bonchev–Trinajstić information content (AvgIpc) is 2.89. The van der Waals surface area contributed by atoms with Crippen molar-refractivity contribution in [2.75, 3.05) is 24.2 Å². The van der Waals surface area contributed by atoms with Crippen molar-refractivity contribution in [3.63, 3.8) is 0 Å². The second-order valence-electron chi connectivity index (χ2n) is 3.06. The van der Waals surface area contributed by atoms with E-state index in [0.29, 0.717) is 10.9 Å². The topological polar surface area (TPSA) is 66.4 Å². The van der Waals surface area contributed by atoms with Crippen LogP contribution in [0.15, 0.2) is 10.4 Å². The van der Waals surface area contributed by atoms with E-state index in [4.69, 9.17) is 0 Å². The number of amidine groups is 1. The van der Waals surface area contributed by atoms with Gasteiger partial charge in [-0.1, -0.05) is 11.8 Å². The van der Waals surface area contributed by atoms with Crippen LogP contribution in [0.5, 0.6) is 0 Å². The van der Waals surface area contributed by atoms with Crippen LogP contribution in [-0.2, 0) is 0 Å². The number of aromatic nitrogens is 1. The van der Waals surface area contributed by atoms with Crippen LogP contribution in [0.1, 0.15) is 17.4 Å². The van der Waals surface area contributed by atoms with Gasteiger partial charge in [-0.25, -0.2) is 4.98 Å². The molecule has 0 saturated heterocycles. The zero-order chi connectivity index (χ0) is 11.4. The number of hydrogen-bond acceptors (Lipinski definition) is 6. The average molecular weight is 256 g/mol. The van der Waals surface area contributed by atoms with Gasteiger partial charge in [0.25, 0.3) is 5.91 Å². The number of anilines is 1. The van der Waals surface area contributed by atoms with Crippen molar-refractivity contribution in [3.8, 4) is 0 Å². The van der Waals surface area contributed by atoms with Crippen LogP contribution in [0.3, 0.4) is 0 Å². The van der Waals surface area contributed by atoms with Gasteiger partial charge in [0.2, 0.25) is 0 Å². The van der Waals surface area contributed by atoms with Crippen molar-refractivity contribution in [2.45, 2.75) is 6.92 Å². The summed E-state index contributed by atoms with van der Waals surface area (Å²) in [5, 5.41) is 9.02. The first-order chi connectivity index (χ1) is 7.79. The van der Waals surface area contributed by atoms with E-state index in [-0.39, 0.29) is 5.91 Å². The summed E-state index contributed by atoms with van der Waals surface area (Å²) in [6.45, 7) is 3.57. The minimum absolute atomic E-state index is 0.187. The Morgan fingerprint density at radius 2 is 2.50 bits per heavy atom. The fourth-order valence-electron chi connectivity index (χ4n) is 1.18. The molecule has 1 amide bonds. The van der Waals surface area contributed by atoms with Crippen molar-refractivity contribution < 1.29 is 4.79 Å². The molecule has 16 heavy (non-hydrogen) atoms. The van der Waals surface area contributed by atoms with Crippen LogP contribution in [0, 0.1) is 0 Å². The Labute approximate surface area is 102 Å². The molecule has 7 heteroatoms. The third-order valence-corrected chi connectivity index (χ3v) is 3.56. The maximum atomic E-state index is 11.7. The maximum absolute atomic E-state index is 11.7. The van der Waals surface area contributed by atoms with E-state index in [1.165, 1.54) is 11.3 Å². The molecule has 0 unspecified atom stereocenters. The predicted molar refractivity (Wildman–Crippen MR) is 68.5 cm³/mol. The fraction of sp³-hybridized carbons (Fsp3) is 0.444. The summed E-state index contributed by atoms with van der Waals surface area (Å²) in [6, 6.07) is 0. The molecule has 5 nitrogen and oxygen atoms in total. The molecule has 2 N–H and O–H groups in total. The van der Waals surface area contributed by atoms with E-state index < -0.39 is 0 Å². The summed E-state index contributed by atoms with van der Waals surface area (Å²) in [4.78, 5) is 20.1. The Balaban J connectivity index is 1.97. The Hall–Kier alpha value is -1.08. The summed E-state index contributed by atoms with van der Waals surface area (Å²) in [5.41, 5.74) is 0.441. The quantitative estimate of drug-likeness (QED) is 0.858. The van der Waals surface area contributed by atoms with E-state index in [1.807, 2.05) is 6.92 Å². The summed E-state index contributed by atoms with van der Waals surface area (Å²) >= 11 is 2.99. The van der Waals surface area contributed by atoms with Gasteiger partial charge in [0.15, 0.2) is 10.3 Å². The van der Waals surface area contributed by atoms with Gasteiger partial charge in [-0.05, 0) is 6.92 Å². The van der Waals surface area contributed by atoms with Crippen LogP contribution < -0.4 is 10.6 Å². The molecule has 1 aromatic rings. The van der Waals surface area contributed by atoms with Gasteiger partial charge in [0.05, 0.1) is 6.54 Å². The Morgan fingerprint density at radius 3 is 3.19 bits per heavy atom. The molecule has 0 spiro atoms. The van der Waals surface area contributed by atoms with Gasteiger partial charge in [-0.2, -0.15) is 0 Å². The number of nitrogens with zero attached hydrogens (tertiary/aromatic N) is 2. The van der Waals surface area contributed by atoms with Gasteiger partial charge in [-0.3, -0.25) is 15.1 Å². The molecule has 86 valence electrons. The minimum atomic E-state index is -0.187. The zero-order valence-corrected chi connectivity index (χ0v) is 10.5. The number of aliphatic imine (C=N–C) groups is 1. The summed E-state index contributed by atoms with van der Waals surface area (Å²) in [7, 11) is 0. The molecule has 0 aromatic carbocycles. The smallest absolute Gasteiger partial charge is 0.276 e. The summed E-state index contributed by atoms with van der Waals surface area (Å²) in [6.07, 6.45) is 0. The number of amides is 1. The molecule has 0 aliphatic carbocycles. The van der Waals surface area contributed by atoms with E-state index in [9.17, 15) is 4.79 Å². The first kappa shape index (κ1) is 11.4. The Morgan fingerprint density at radius 1 is 1.62 bits per heavy atom. The van der Waals surface area contributed by atoms with Crippen LogP contribution in [0.4, 0.5) is 5.13 Å². The molecule has 0 saturated carbocycles. The van der Waals surface area contributed by atoms with Gasteiger partial charge in [0.1, 0.15) is 5.69 Å². The van der Waals surface area contributed by atoms with Crippen molar-refractivity contribution in [1.29, 1.82) is 0 Å². The zero-order valence-electron chi connectivity index (χ0n) is 8.82. The van der Waals surface area contributed by atoms with Crippen molar-refractivity contribution >= 4 is 39.3 Å². The monoisotopic (exact) mass is 256 g/mol. The van der Waals surface area contributed by atoms with Crippen LogP contribution in [0.2, 0.25) is 0 Å². The third-order valence-electron chi connectivity index (χ3n) is 1.87. The number of thiazole rings is 1. The number of carbonyl (C=O) groups is 1. The van der Waals surface area contributed by atoms with Crippen LogP contribution in [0.25, 0.3) is 0 Å². The first-order valence-corrected chi connectivity index (χ1v) is 6.84. The number of nitrogens with one attached hydrogen (secondary N) is 2. The van der Waals surface area contributed by atoms with E-state index in [1.54, 1.807) is 17.1 Å². The number of thioether (sulfide) groups is 1. The molecule has 0 bridgehead atoms. The Bertz CT molecular complexity index is 415. The second kappa shape index (κ2) is 5.31. The molecule has 2 rings (SSSR count). The molecule has 0 atom stereocenters. The minimum Gasteiger partial charge on any atom is -0.362 e. The molecule has 0 fully saturated rings. The van der Waals surface area contributed by atoms with E-state index in [0.717, 1.165) is 24.0 Å². The predicted octanol–water partition coefficient (Wildman–Crippen LogP) is 1.41. The number of carbonyl (C=O) groups excluding carboxylic acids is 1. The largest absolute Gasteiger partial charge is 0.362 e. The SMILES string of the molecule is CCNc1nc(C(=O)NC2=NCCS2)cs1. The number of hydrogen-bond donors (Lipinski definition) is 2. The molecule has 1 aliphatic rings. The second-order valence-corrected chi connectivity index (χ2v) is 5.00. The molecule has 1 aliphatic heterocycles. The van der Waals surface area contributed by atoms with Crippen molar-refractivity contribution in [1.82, 2.24) is 10.3 Å². The third kappa shape index (κ3) is 2.73. The van der Waals surface area contributed by atoms with Crippen LogP contribution in [-0.4, -0.2) is 34.9 Å². The lowest BCUT2D eigenvalue weighted by Crippen LogP contribution is -2.27. The van der Waals surface area contributed by atoms with E-state index >= 15 is 0 Å². The first-order valence-electron chi connectivity index (χ1n) is 4.97. The van der Waals surface area contributed by atoms with Gasteiger partial charge >= 0.3 is 0 Å². The Kier molecular flexibility index (Phi) is 3.79. The standard InChI is InChI=1S/C9H12N4OS2/c1-2-10-8-12-6(5-16-8)7(14)13-9-11-3-4-15-9/h5H,2-4H2,1H3,(H,10,12)(H,11,13,14). The molecule has 2 heterocycles. The lowest BCUT2D eigenvalue weighted by atomic mass is 10.5. The van der Waals surface area contributed by atoms with Crippen molar-refractivity contribution in [2.24, 2.45) is 4.99 Å². The lowest BCUT2D eigenvalue weighted by molar-refractivity contribution is 0.0974. The van der Waals surface area contributed by atoms with Gasteiger partial charge < -0.3 is 5.32 Å². The molecule has 1 aromatic heterocycles. The maximum Gasteiger partial charge on any atom is 0.276 e. The molecular formula is C9H12N4OS2. The van der Waals surface area contributed by atoms with Crippen LogP contribution >= 0.6 is 23.1 Å². The highest BCUT2D eigenvalue weighted by molar-refractivity contribution is 8.14. The fourth-order valence-corrected chi connectivity index (χ4v) is 2.67. The lowest BCUT2D eigenvalue weighted by Gasteiger charge is -2.00. The highest BCUT2D eigenvalue weighted by atomic mass is 32.2. The molecule has 0 radical (unpaired) electrons. The molecular weight excluding hydrogens is 244 g/mol. The normalized spacial score (nSPS) is 14.7. The van der Waals surface area contributed by atoms with Gasteiger partial charge in [-0.15, -0.1) is 11.3 Å². The highest BCUT2D eigenvalue weighted by Crippen LogP contribution is 2.15. The number of rotatable bonds is 3. The van der Waals surface area contributed by atoms with Crippen molar-refractivity contribution in [3.05, 3.63) is 11.1 Å².